The van der Waals surface area contributed by atoms with Crippen LogP contribution in [0.5, 0.6) is 0 Å². The quantitative estimate of drug-likeness (QED) is 0.229. The Bertz CT molecular complexity index is 1360. The van der Waals surface area contributed by atoms with Crippen LogP contribution in [0, 0.1) is 5.41 Å². The summed E-state index contributed by atoms with van der Waals surface area (Å²) in [6.07, 6.45) is 8.88. The first-order chi connectivity index (χ1) is 19.6. The van der Waals surface area contributed by atoms with Crippen LogP contribution in [0.2, 0.25) is 0 Å². The lowest BCUT2D eigenvalue weighted by molar-refractivity contribution is 0.417. The van der Waals surface area contributed by atoms with Crippen molar-refractivity contribution >= 4 is 0 Å². The molecule has 0 radical (unpaired) electrons. The van der Waals surface area contributed by atoms with Gasteiger partial charge in [0, 0.05) is 61.1 Å². The van der Waals surface area contributed by atoms with Crippen LogP contribution >= 0.6 is 0 Å². The van der Waals surface area contributed by atoms with Crippen LogP contribution in [0.25, 0.3) is 11.1 Å². The van der Waals surface area contributed by atoms with Crippen molar-refractivity contribution in [3.05, 3.63) is 95.6 Å². The lowest BCUT2D eigenvalue weighted by Gasteiger charge is -2.17. The van der Waals surface area contributed by atoms with E-state index >= 15 is 0 Å². The number of rotatable bonds is 13. The molecule has 5 aliphatic carbocycles. The van der Waals surface area contributed by atoms with E-state index < -0.39 is 0 Å². The molecule has 208 valence electrons. The molecule has 5 aliphatic rings. The van der Waals surface area contributed by atoms with E-state index in [0.717, 1.165) is 19.0 Å². The van der Waals surface area contributed by atoms with Crippen molar-refractivity contribution in [3.8, 4) is 11.1 Å². The molecule has 5 fully saturated rings. The highest BCUT2D eigenvalue weighted by molar-refractivity contribution is 5.66. The maximum Gasteiger partial charge on any atom is 0.0282 e. The van der Waals surface area contributed by atoms with Crippen molar-refractivity contribution in [2.75, 3.05) is 19.6 Å². The highest BCUT2D eigenvalue weighted by Crippen LogP contribution is 2.49. The predicted octanol–water partition coefficient (Wildman–Crippen LogP) is 5.66. The normalized spacial score (nSPS) is 31.9. The summed E-state index contributed by atoms with van der Waals surface area (Å²) >= 11 is 0. The summed E-state index contributed by atoms with van der Waals surface area (Å²) in [4.78, 5) is 0. The van der Waals surface area contributed by atoms with Gasteiger partial charge in [-0.05, 0) is 78.2 Å². The molecule has 1 unspecified atom stereocenters. The van der Waals surface area contributed by atoms with Gasteiger partial charge in [-0.15, -0.1) is 0 Å². The van der Waals surface area contributed by atoms with E-state index in [-0.39, 0.29) is 5.54 Å². The van der Waals surface area contributed by atoms with Crippen molar-refractivity contribution in [2.45, 2.75) is 86.4 Å². The molecule has 0 saturated heterocycles. The molecule has 0 aromatic heterocycles. The number of benzene rings is 3. The van der Waals surface area contributed by atoms with E-state index in [1.807, 2.05) is 0 Å². The maximum atomic E-state index is 6.28. The van der Waals surface area contributed by atoms with E-state index in [4.69, 9.17) is 5.73 Å². The molecule has 4 nitrogen and oxygen atoms in total. The second-order valence-corrected chi connectivity index (χ2v) is 14.0. The average molecular weight is 533 g/mol. The first-order valence-corrected chi connectivity index (χ1v) is 15.8. The van der Waals surface area contributed by atoms with Gasteiger partial charge in [-0.3, -0.25) is 0 Å². The Kier molecular flexibility index (Phi) is 6.18. The van der Waals surface area contributed by atoms with Gasteiger partial charge in [-0.25, -0.2) is 0 Å². The maximum absolute atomic E-state index is 6.28. The zero-order valence-electron chi connectivity index (χ0n) is 23.6. The fraction of sp³-hybridized carbons (Fsp3) is 0.500. The van der Waals surface area contributed by atoms with E-state index in [9.17, 15) is 0 Å². The molecule has 40 heavy (non-hydrogen) atoms. The second-order valence-electron chi connectivity index (χ2n) is 14.0. The molecule has 0 bridgehead atoms. The van der Waals surface area contributed by atoms with Crippen LogP contribution in [0.15, 0.2) is 78.9 Å². The third-order valence-electron chi connectivity index (χ3n) is 10.6. The summed E-state index contributed by atoms with van der Waals surface area (Å²) in [5.41, 5.74) is 14.0. The van der Waals surface area contributed by atoms with Crippen LogP contribution in [0.1, 0.15) is 79.4 Å². The third kappa shape index (κ3) is 5.52. The van der Waals surface area contributed by atoms with E-state index in [0.29, 0.717) is 35.4 Å². The second kappa shape index (κ2) is 9.80. The molecule has 8 rings (SSSR count). The molecule has 3 aromatic carbocycles. The first-order valence-electron chi connectivity index (χ1n) is 15.8. The minimum Gasteiger partial charge on any atom is -0.324 e. The van der Waals surface area contributed by atoms with Gasteiger partial charge >= 0.3 is 0 Å². The standard InChI is InChI=1S/C36H44N4/c37-36(14-15-36)23-40-34-20-31(34)28-11-5-9-26(17-28)25-8-4-10-27(16-25)30-19-33(30)39-22-35(12-13-35)21-38-32-18-29(32)24-6-2-1-3-7-24/h1-11,16-17,29-34,38-40H,12-15,18-23,37H2/t29-,30+,31-,32+,33?,34+/m1/s1. The molecule has 6 atom stereocenters. The minimum absolute atomic E-state index is 0.0872. The van der Waals surface area contributed by atoms with Gasteiger partial charge in [0.15, 0.2) is 0 Å². The average Bonchev–Trinajstić information content (AvgIpc) is 3.77. The summed E-state index contributed by atoms with van der Waals surface area (Å²) in [5.74, 6) is 2.01. The van der Waals surface area contributed by atoms with Gasteiger partial charge in [0.1, 0.15) is 0 Å². The highest BCUT2D eigenvalue weighted by Gasteiger charge is 2.48. The Balaban J connectivity index is 0.829. The smallest absolute Gasteiger partial charge is 0.0282 e. The molecule has 0 heterocycles. The summed E-state index contributed by atoms with van der Waals surface area (Å²) in [6.45, 7) is 3.30. The fourth-order valence-corrected chi connectivity index (χ4v) is 6.92. The largest absolute Gasteiger partial charge is 0.324 e. The minimum atomic E-state index is 0.0872. The van der Waals surface area contributed by atoms with Crippen LogP contribution in [-0.2, 0) is 0 Å². The van der Waals surface area contributed by atoms with Gasteiger partial charge in [0.2, 0.25) is 0 Å². The van der Waals surface area contributed by atoms with Gasteiger partial charge in [-0.1, -0.05) is 78.9 Å². The van der Waals surface area contributed by atoms with E-state index in [1.54, 1.807) is 0 Å². The Hall–Kier alpha value is -2.50. The van der Waals surface area contributed by atoms with E-state index in [2.05, 4.69) is 94.8 Å². The first kappa shape index (κ1) is 25.2. The van der Waals surface area contributed by atoms with Gasteiger partial charge in [-0.2, -0.15) is 0 Å². The van der Waals surface area contributed by atoms with Crippen LogP contribution < -0.4 is 21.7 Å². The van der Waals surface area contributed by atoms with Crippen LogP contribution in [0.3, 0.4) is 0 Å². The molecule has 0 aliphatic heterocycles. The zero-order valence-corrected chi connectivity index (χ0v) is 23.6. The number of hydrogen-bond donors (Lipinski definition) is 4. The third-order valence-corrected chi connectivity index (χ3v) is 10.6. The molecule has 0 spiro atoms. The lowest BCUT2D eigenvalue weighted by atomic mass is 9.98. The molecule has 5 N–H and O–H groups in total. The van der Waals surface area contributed by atoms with E-state index in [1.165, 1.54) is 79.3 Å². The van der Waals surface area contributed by atoms with Crippen molar-refractivity contribution in [1.29, 1.82) is 0 Å². The topological polar surface area (TPSA) is 62.1 Å². The van der Waals surface area contributed by atoms with Gasteiger partial charge in [0.25, 0.3) is 0 Å². The summed E-state index contributed by atoms with van der Waals surface area (Å²) < 4.78 is 0. The summed E-state index contributed by atoms with van der Waals surface area (Å²) in [6, 6.07) is 31.5. The SMILES string of the molecule is NC1(CN[C@H]2C[C@@H]2c2cccc(-c3cccc([C@@H]4CC4NCC4(CN[C@H]5C[C@@H]5c5ccccc5)CC4)c3)c2)CC1. The monoisotopic (exact) mass is 532 g/mol. The Morgan fingerprint density at radius 3 is 1.52 bits per heavy atom. The van der Waals surface area contributed by atoms with Gasteiger partial charge in [0.05, 0.1) is 0 Å². The molecule has 5 saturated carbocycles. The number of nitrogens with two attached hydrogens (primary N) is 1. The number of nitrogens with one attached hydrogen (secondary N) is 3. The van der Waals surface area contributed by atoms with Crippen molar-refractivity contribution in [2.24, 2.45) is 11.1 Å². The molecular weight excluding hydrogens is 488 g/mol. The summed E-state index contributed by atoms with van der Waals surface area (Å²) in [5, 5.41) is 11.6. The highest BCUT2D eigenvalue weighted by atomic mass is 15.0. The molecular formula is C36H44N4. The van der Waals surface area contributed by atoms with Crippen LogP contribution in [0.4, 0.5) is 0 Å². The Morgan fingerprint density at radius 1 is 0.550 bits per heavy atom. The molecule has 3 aromatic rings. The van der Waals surface area contributed by atoms with Gasteiger partial charge < -0.3 is 21.7 Å². The Morgan fingerprint density at radius 2 is 1.02 bits per heavy atom. The molecule has 4 heteroatoms. The Labute approximate surface area is 239 Å². The predicted molar refractivity (Wildman–Crippen MR) is 164 cm³/mol. The molecule has 0 amide bonds. The lowest BCUT2D eigenvalue weighted by Crippen LogP contribution is -2.37. The number of hydrogen-bond acceptors (Lipinski definition) is 4. The zero-order chi connectivity index (χ0) is 26.7. The van der Waals surface area contributed by atoms with Crippen molar-refractivity contribution in [3.63, 3.8) is 0 Å². The van der Waals surface area contributed by atoms with Crippen molar-refractivity contribution in [1.82, 2.24) is 16.0 Å². The van der Waals surface area contributed by atoms with Crippen molar-refractivity contribution < 1.29 is 0 Å². The fourth-order valence-electron chi connectivity index (χ4n) is 6.92. The summed E-state index contributed by atoms with van der Waals surface area (Å²) in [7, 11) is 0. The van der Waals surface area contributed by atoms with Crippen LogP contribution in [-0.4, -0.2) is 43.3 Å².